The first-order valence-electron chi connectivity index (χ1n) is 11.0. The maximum atomic E-state index is 13.0. The van der Waals surface area contributed by atoms with Crippen LogP contribution in [0, 0.1) is 0 Å². The highest BCUT2D eigenvalue weighted by Crippen LogP contribution is 2.29. The largest absolute Gasteiger partial charge is 0.444 e. The second-order valence-corrected chi connectivity index (χ2v) is 11.7. The highest BCUT2D eigenvalue weighted by atomic mass is 35.5. The first-order valence-corrected chi connectivity index (χ1v) is 13.0. The van der Waals surface area contributed by atoms with Crippen LogP contribution in [-0.2, 0) is 24.2 Å². The lowest BCUT2D eigenvalue weighted by molar-refractivity contribution is 0.0222. The summed E-state index contributed by atoms with van der Waals surface area (Å²) in [6, 6.07) is 10.4. The molecule has 0 saturated heterocycles. The van der Waals surface area contributed by atoms with E-state index in [9.17, 15) is 14.4 Å². The molecule has 2 aromatic heterocycles. The molecule has 3 heterocycles. The first kappa shape index (κ1) is 25.2. The lowest BCUT2D eigenvalue weighted by Gasteiger charge is -2.29. The molecule has 11 heteroatoms. The zero-order chi connectivity index (χ0) is 25.2. The number of carbonyl (C=O) groups is 3. The van der Waals surface area contributed by atoms with E-state index in [1.807, 2.05) is 26.8 Å². The van der Waals surface area contributed by atoms with E-state index in [1.54, 1.807) is 35.2 Å². The van der Waals surface area contributed by atoms with Gasteiger partial charge in [0.1, 0.15) is 5.60 Å². The van der Waals surface area contributed by atoms with Gasteiger partial charge in [0, 0.05) is 30.0 Å². The normalized spacial score (nSPS) is 13.2. The number of fused-ring (bicyclic) bond motifs is 1. The summed E-state index contributed by atoms with van der Waals surface area (Å²) in [6.45, 7) is 6.56. The van der Waals surface area contributed by atoms with Crippen LogP contribution in [0.4, 0.5) is 9.93 Å². The third-order valence-corrected chi connectivity index (χ3v) is 7.40. The van der Waals surface area contributed by atoms with Crippen LogP contribution in [0.2, 0.25) is 4.34 Å². The molecule has 1 aliphatic rings. The average Bonchev–Trinajstić information content (AvgIpc) is 3.41. The van der Waals surface area contributed by atoms with Crippen LogP contribution >= 0.6 is 34.3 Å². The molecular formula is C24H25ClN4O4S2. The van der Waals surface area contributed by atoms with Gasteiger partial charge in [0.2, 0.25) is 0 Å². The SMILES string of the molecule is CC(C)(C)OC(=O)N1CCc2sc(NC(=O)c3ccccc3CNC(=O)c3ccc(Cl)s3)nc2C1. The van der Waals surface area contributed by atoms with Crippen LogP contribution < -0.4 is 10.6 Å². The maximum Gasteiger partial charge on any atom is 0.410 e. The number of nitrogens with zero attached hydrogens (tertiary/aromatic N) is 2. The molecular weight excluding hydrogens is 508 g/mol. The Morgan fingerprint density at radius 2 is 1.89 bits per heavy atom. The predicted octanol–water partition coefficient (Wildman–Crippen LogP) is 5.33. The third-order valence-electron chi connectivity index (χ3n) is 5.10. The molecule has 0 spiro atoms. The van der Waals surface area contributed by atoms with Gasteiger partial charge < -0.3 is 15.0 Å². The van der Waals surface area contributed by atoms with Crippen LogP contribution in [0.15, 0.2) is 36.4 Å². The van der Waals surface area contributed by atoms with Crippen molar-refractivity contribution in [3.05, 3.63) is 67.3 Å². The molecule has 0 atom stereocenters. The quantitative estimate of drug-likeness (QED) is 0.462. The van der Waals surface area contributed by atoms with Gasteiger partial charge in [0.25, 0.3) is 11.8 Å². The second kappa shape index (κ2) is 10.3. The molecule has 0 aliphatic carbocycles. The highest BCUT2D eigenvalue weighted by molar-refractivity contribution is 7.18. The van der Waals surface area contributed by atoms with Crippen LogP contribution in [0.3, 0.4) is 0 Å². The van der Waals surface area contributed by atoms with Gasteiger partial charge in [-0.2, -0.15) is 0 Å². The van der Waals surface area contributed by atoms with Gasteiger partial charge in [-0.1, -0.05) is 29.8 Å². The number of hydrogen-bond donors (Lipinski definition) is 2. The molecule has 0 saturated carbocycles. The van der Waals surface area contributed by atoms with Gasteiger partial charge in [-0.25, -0.2) is 9.78 Å². The summed E-state index contributed by atoms with van der Waals surface area (Å²) in [5.41, 5.74) is 1.32. The Kier molecular flexibility index (Phi) is 7.44. The number of ether oxygens (including phenoxy) is 1. The number of rotatable bonds is 5. The van der Waals surface area contributed by atoms with Crippen molar-refractivity contribution in [3.63, 3.8) is 0 Å². The molecule has 4 rings (SSSR count). The van der Waals surface area contributed by atoms with Crippen LogP contribution in [0.5, 0.6) is 0 Å². The van der Waals surface area contributed by atoms with Crippen molar-refractivity contribution in [3.8, 4) is 0 Å². The fraction of sp³-hybridized carbons (Fsp3) is 0.333. The minimum Gasteiger partial charge on any atom is -0.444 e. The monoisotopic (exact) mass is 532 g/mol. The van der Waals surface area contributed by atoms with E-state index >= 15 is 0 Å². The molecule has 35 heavy (non-hydrogen) atoms. The van der Waals surface area contributed by atoms with Gasteiger partial charge in [-0.05, 0) is 44.5 Å². The number of halogens is 1. The number of thiazole rings is 1. The highest BCUT2D eigenvalue weighted by Gasteiger charge is 2.28. The number of hydrogen-bond acceptors (Lipinski definition) is 7. The molecule has 2 N–H and O–H groups in total. The Hall–Kier alpha value is -2.95. The van der Waals surface area contributed by atoms with Gasteiger partial charge in [0.05, 0.1) is 21.5 Å². The molecule has 8 nitrogen and oxygen atoms in total. The molecule has 3 amide bonds. The number of benzene rings is 1. The first-order chi connectivity index (χ1) is 16.6. The maximum absolute atomic E-state index is 13.0. The van der Waals surface area contributed by atoms with E-state index in [-0.39, 0.29) is 24.5 Å². The Morgan fingerprint density at radius 1 is 1.11 bits per heavy atom. The molecule has 1 aromatic carbocycles. The number of thiophene rings is 1. The number of aromatic nitrogens is 1. The third kappa shape index (κ3) is 6.39. The summed E-state index contributed by atoms with van der Waals surface area (Å²) in [5.74, 6) is -0.566. The zero-order valence-electron chi connectivity index (χ0n) is 19.5. The fourth-order valence-corrected chi connectivity index (χ4v) is 5.41. The van der Waals surface area contributed by atoms with Gasteiger partial charge in [-0.3, -0.25) is 14.9 Å². The van der Waals surface area contributed by atoms with E-state index in [1.165, 1.54) is 22.7 Å². The smallest absolute Gasteiger partial charge is 0.410 e. The van der Waals surface area contributed by atoms with Crippen molar-refractivity contribution in [1.29, 1.82) is 0 Å². The van der Waals surface area contributed by atoms with Crippen molar-refractivity contribution < 1.29 is 19.1 Å². The molecule has 0 bridgehead atoms. The number of carbonyl (C=O) groups excluding carboxylic acids is 3. The lowest BCUT2D eigenvalue weighted by Crippen LogP contribution is -2.39. The van der Waals surface area contributed by atoms with Crippen molar-refractivity contribution in [2.45, 2.75) is 45.9 Å². The predicted molar refractivity (Wildman–Crippen MR) is 137 cm³/mol. The van der Waals surface area contributed by atoms with Crippen molar-refractivity contribution >= 4 is 57.3 Å². The Balaban J connectivity index is 1.40. The molecule has 3 aromatic rings. The van der Waals surface area contributed by atoms with E-state index in [2.05, 4.69) is 15.6 Å². The summed E-state index contributed by atoms with van der Waals surface area (Å²) in [6.07, 6.45) is 0.278. The second-order valence-electron chi connectivity index (χ2n) is 8.94. The average molecular weight is 533 g/mol. The lowest BCUT2D eigenvalue weighted by atomic mass is 10.1. The van der Waals surface area contributed by atoms with Crippen molar-refractivity contribution in [2.24, 2.45) is 0 Å². The van der Waals surface area contributed by atoms with E-state index in [4.69, 9.17) is 16.3 Å². The summed E-state index contributed by atoms with van der Waals surface area (Å²) in [7, 11) is 0. The standard InChI is InChI=1S/C24H25ClN4O4S2/c1-24(2,3)33-23(32)29-11-10-17-16(13-29)27-22(35-17)28-20(30)15-7-5-4-6-14(15)12-26-21(31)18-8-9-19(25)34-18/h4-9H,10-13H2,1-3H3,(H,26,31)(H,27,28,30). The number of amides is 3. The number of nitrogens with one attached hydrogen (secondary N) is 2. The van der Waals surface area contributed by atoms with Crippen LogP contribution in [-0.4, -0.2) is 39.9 Å². The van der Waals surface area contributed by atoms with Crippen molar-refractivity contribution in [2.75, 3.05) is 11.9 Å². The van der Waals surface area contributed by atoms with Crippen LogP contribution in [0.1, 0.15) is 56.9 Å². The van der Waals surface area contributed by atoms with E-state index in [0.717, 1.165) is 10.6 Å². The van der Waals surface area contributed by atoms with E-state index in [0.29, 0.717) is 45.0 Å². The minimum atomic E-state index is -0.567. The van der Waals surface area contributed by atoms with Crippen LogP contribution in [0.25, 0.3) is 0 Å². The van der Waals surface area contributed by atoms with Gasteiger partial charge >= 0.3 is 6.09 Å². The molecule has 1 aliphatic heterocycles. The topological polar surface area (TPSA) is 101 Å². The van der Waals surface area contributed by atoms with E-state index < -0.39 is 5.60 Å². The summed E-state index contributed by atoms with van der Waals surface area (Å²) < 4.78 is 6.00. The Bertz CT molecular complexity index is 1260. The van der Waals surface area contributed by atoms with Gasteiger partial charge in [-0.15, -0.1) is 22.7 Å². The summed E-state index contributed by atoms with van der Waals surface area (Å²) in [4.78, 5) is 45.5. The Morgan fingerprint density at radius 3 is 2.60 bits per heavy atom. The summed E-state index contributed by atoms with van der Waals surface area (Å²) >= 11 is 8.51. The summed E-state index contributed by atoms with van der Waals surface area (Å²) in [5, 5.41) is 6.17. The molecule has 0 unspecified atom stereocenters. The molecule has 0 fully saturated rings. The number of anilines is 1. The minimum absolute atomic E-state index is 0.192. The van der Waals surface area contributed by atoms with Gasteiger partial charge in [0.15, 0.2) is 5.13 Å². The zero-order valence-corrected chi connectivity index (χ0v) is 21.9. The Labute approximate surface area is 216 Å². The fourth-order valence-electron chi connectivity index (χ4n) is 3.49. The van der Waals surface area contributed by atoms with Crippen molar-refractivity contribution in [1.82, 2.24) is 15.2 Å². The molecule has 0 radical (unpaired) electrons. The molecule has 184 valence electrons.